The van der Waals surface area contributed by atoms with Crippen molar-refractivity contribution in [3.05, 3.63) is 33.3 Å². The van der Waals surface area contributed by atoms with Crippen LogP contribution in [0.2, 0.25) is 0 Å². The number of carbonyl (C=O) groups is 1. The van der Waals surface area contributed by atoms with Gasteiger partial charge in [0.1, 0.15) is 16.1 Å². The van der Waals surface area contributed by atoms with Gasteiger partial charge in [-0.1, -0.05) is 17.4 Å². The minimum Gasteiger partial charge on any atom is -0.494 e. The SMILES string of the molecule is COc1ccc(C)c2sc(N(CCCN3CCOCC3)C(=O)c3sc(C)nc3C)nc12. The van der Waals surface area contributed by atoms with Gasteiger partial charge in [-0.2, -0.15) is 0 Å². The highest BCUT2D eigenvalue weighted by atomic mass is 32.1. The van der Waals surface area contributed by atoms with Crippen LogP contribution in [0.5, 0.6) is 5.75 Å². The second kappa shape index (κ2) is 9.60. The standard InChI is InChI=1S/C22H28N4O3S2/c1-14-6-7-17(28-4)18-19(14)31-22(24-18)26(9-5-8-25-10-12-29-13-11-25)21(27)20-15(2)23-16(3)30-20/h6-7H,5,8-13H2,1-4H3. The fourth-order valence-electron chi connectivity index (χ4n) is 3.79. The first-order valence-electron chi connectivity index (χ1n) is 10.5. The van der Waals surface area contributed by atoms with E-state index in [4.69, 9.17) is 14.5 Å². The number of methoxy groups -OCH3 is 1. The zero-order chi connectivity index (χ0) is 22.0. The smallest absolute Gasteiger partial charge is 0.272 e. The monoisotopic (exact) mass is 460 g/mol. The van der Waals surface area contributed by atoms with Gasteiger partial charge in [-0.15, -0.1) is 11.3 Å². The molecule has 1 amide bonds. The Morgan fingerprint density at radius 2 is 1.97 bits per heavy atom. The Morgan fingerprint density at radius 1 is 1.19 bits per heavy atom. The zero-order valence-electron chi connectivity index (χ0n) is 18.4. The summed E-state index contributed by atoms with van der Waals surface area (Å²) in [7, 11) is 1.65. The van der Waals surface area contributed by atoms with Crippen LogP contribution in [0.1, 0.15) is 32.4 Å². The van der Waals surface area contributed by atoms with E-state index in [1.54, 1.807) is 18.4 Å². The number of fused-ring (bicyclic) bond motifs is 1. The summed E-state index contributed by atoms with van der Waals surface area (Å²) >= 11 is 3.00. The molecule has 0 radical (unpaired) electrons. The Labute approximate surface area is 190 Å². The van der Waals surface area contributed by atoms with Gasteiger partial charge >= 0.3 is 0 Å². The molecule has 1 aliphatic rings. The molecule has 2 aromatic heterocycles. The molecule has 0 saturated carbocycles. The summed E-state index contributed by atoms with van der Waals surface area (Å²) in [4.78, 5) is 27.8. The van der Waals surface area contributed by atoms with Crippen molar-refractivity contribution in [1.29, 1.82) is 0 Å². The fourth-order valence-corrected chi connectivity index (χ4v) is 5.74. The van der Waals surface area contributed by atoms with E-state index in [2.05, 4.69) is 16.8 Å². The Bertz CT molecular complexity index is 1070. The molecule has 3 heterocycles. The molecule has 1 fully saturated rings. The maximum absolute atomic E-state index is 13.6. The Balaban J connectivity index is 1.64. The van der Waals surface area contributed by atoms with Crippen molar-refractivity contribution in [2.45, 2.75) is 27.2 Å². The second-order valence-corrected chi connectivity index (χ2v) is 9.85. The molecule has 0 N–H and O–H groups in total. The predicted octanol–water partition coefficient (Wildman–Crippen LogP) is 4.06. The van der Waals surface area contributed by atoms with Gasteiger partial charge in [-0.3, -0.25) is 14.6 Å². The topological polar surface area (TPSA) is 67.8 Å². The zero-order valence-corrected chi connectivity index (χ0v) is 20.1. The minimum absolute atomic E-state index is 0.0271. The van der Waals surface area contributed by atoms with Crippen LogP contribution in [0.3, 0.4) is 0 Å². The molecule has 1 aromatic carbocycles. The van der Waals surface area contributed by atoms with Crippen LogP contribution in [0.15, 0.2) is 12.1 Å². The molecular weight excluding hydrogens is 432 g/mol. The fraction of sp³-hybridized carbons (Fsp3) is 0.500. The average molecular weight is 461 g/mol. The number of rotatable bonds is 7. The van der Waals surface area contributed by atoms with E-state index in [-0.39, 0.29) is 5.91 Å². The molecule has 7 nitrogen and oxygen atoms in total. The molecule has 166 valence electrons. The highest BCUT2D eigenvalue weighted by molar-refractivity contribution is 7.22. The molecule has 0 bridgehead atoms. The lowest BCUT2D eigenvalue weighted by Gasteiger charge is -2.27. The van der Waals surface area contributed by atoms with Crippen molar-refractivity contribution in [3.63, 3.8) is 0 Å². The van der Waals surface area contributed by atoms with Crippen LogP contribution in [-0.2, 0) is 4.74 Å². The third kappa shape index (κ3) is 4.74. The molecule has 0 aliphatic carbocycles. The van der Waals surface area contributed by atoms with Crippen molar-refractivity contribution in [3.8, 4) is 5.75 Å². The van der Waals surface area contributed by atoms with Crippen molar-refractivity contribution in [1.82, 2.24) is 14.9 Å². The Hall–Kier alpha value is -2.07. The van der Waals surface area contributed by atoms with Gasteiger partial charge < -0.3 is 9.47 Å². The summed E-state index contributed by atoms with van der Waals surface area (Å²) in [5.74, 6) is 0.703. The number of aryl methyl sites for hydroxylation is 3. The van der Waals surface area contributed by atoms with Crippen LogP contribution in [0, 0.1) is 20.8 Å². The third-order valence-corrected chi connectivity index (χ3v) is 7.72. The number of amides is 1. The average Bonchev–Trinajstić information content (AvgIpc) is 3.35. The number of hydrogen-bond acceptors (Lipinski definition) is 8. The van der Waals surface area contributed by atoms with Gasteiger partial charge in [0.15, 0.2) is 5.13 Å². The minimum atomic E-state index is -0.0271. The number of carbonyl (C=O) groups excluding carboxylic acids is 1. The summed E-state index contributed by atoms with van der Waals surface area (Å²) in [6.07, 6.45) is 0.870. The summed E-state index contributed by atoms with van der Waals surface area (Å²) in [6.45, 7) is 10.9. The van der Waals surface area contributed by atoms with Gasteiger partial charge in [0.2, 0.25) is 0 Å². The van der Waals surface area contributed by atoms with E-state index in [9.17, 15) is 4.79 Å². The van der Waals surface area contributed by atoms with Gasteiger partial charge in [-0.25, -0.2) is 9.97 Å². The number of hydrogen-bond donors (Lipinski definition) is 0. The van der Waals surface area contributed by atoms with Crippen molar-refractivity contribution in [2.75, 3.05) is 51.4 Å². The van der Waals surface area contributed by atoms with Crippen LogP contribution in [-0.4, -0.2) is 67.3 Å². The van der Waals surface area contributed by atoms with Gasteiger partial charge in [-0.05, 0) is 38.8 Å². The van der Waals surface area contributed by atoms with Crippen LogP contribution < -0.4 is 9.64 Å². The number of thiazole rings is 2. The third-order valence-electron chi connectivity index (χ3n) is 5.45. The van der Waals surface area contributed by atoms with E-state index in [1.165, 1.54) is 11.3 Å². The predicted molar refractivity (Wildman–Crippen MR) is 126 cm³/mol. The van der Waals surface area contributed by atoms with Crippen LogP contribution in [0.4, 0.5) is 5.13 Å². The first-order valence-corrected chi connectivity index (χ1v) is 12.1. The molecular formula is C22H28N4O3S2. The van der Waals surface area contributed by atoms with E-state index in [1.807, 2.05) is 30.9 Å². The first-order chi connectivity index (χ1) is 15.0. The molecule has 1 aliphatic heterocycles. The van der Waals surface area contributed by atoms with Gasteiger partial charge in [0, 0.05) is 26.2 Å². The largest absolute Gasteiger partial charge is 0.494 e. The highest BCUT2D eigenvalue weighted by Gasteiger charge is 2.26. The lowest BCUT2D eigenvalue weighted by atomic mass is 10.2. The maximum Gasteiger partial charge on any atom is 0.272 e. The highest BCUT2D eigenvalue weighted by Crippen LogP contribution is 2.37. The summed E-state index contributed by atoms with van der Waals surface area (Å²) in [6, 6.07) is 3.97. The van der Waals surface area contributed by atoms with E-state index in [0.29, 0.717) is 16.6 Å². The molecule has 31 heavy (non-hydrogen) atoms. The summed E-state index contributed by atoms with van der Waals surface area (Å²) < 4.78 is 12.0. The molecule has 0 atom stereocenters. The van der Waals surface area contributed by atoms with Gasteiger partial charge in [0.05, 0.1) is 35.7 Å². The van der Waals surface area contributed by atoms with Crippen LogP contribution >= 0.6 is 22.7 Å². The maximum atomic E-state index is 13.6. The molecule has 9 heteroatoms. The van der Waals surface area contributed by atoms with Crippen molar-refractivity contribution in [2.24, 2.45) is 0 Å². The number of ether oxygens (including phenoxy) is 2. The summed E-state index contributed by atoms with van der Waals surface area (Å²) in [5.41, 5.74) is 2.72. The molecule has 4 rings (SSSR count). The number of anilines is 1. The molecule has 1 saturated heterocycles. The second-order valence-electron chi connectivity index (χ2n) is 7.67. The van der Waals surface area contributed by atoms with E-state index in [0.717, 1.165) is 71.5 Å². The van der Waals surface area contributed by atoms with Gasteiger partial charge in [0.25, 0.3) is 5.91 Å². The van der Waals surface area contributed by atoms with E-state index >= 15 is 0 Å². The van der Waals surface area contributed by atoms with E-state index < -0.39 is 0 Å². The van der Waals surface area contributed by atoms with Crippen LogP contribution in [0.25, 0.3) is 10.2 Å². The molecule has 0 spiro atoms. The number of morpholine rings is 1. The normalized spacial score (nSPS) is 14.8. The van der Waals surface area contributed by atoms with Crippen molar-refractivity contribution >= 4 is 43.9 Å². The number of benzene rings is 1. The first kappa shape index (κ1) is 22.1. The number of nitrogens with zero attached hydrogens (tertiary/aromatic N) is 4. The molecule has 3 aromatic rings. The summed E-state index contributed by atoms with van der Waals surface area (Å²) in [5, 5.41) is 1.61. The lowest BCUT2D eigenvalue weighted by molar-refractivity contribution is 0.0376. The van der Waals surface area contributed by atoms with Crippen molar-refractivity contribution < 1.29 is 14.3 Å². The number of aromatic nitrogens is 2. The Morgan fingerprint density at radius 3 is 2.65 bits per heavy atom. The quantitative estimate of drug-likeness (QED) is 0.530. The Kier molecular flexibility index (Phi) is 6.86. The lowest BCUT2D eigenvalue weighted by Crippen LogP contribution is -2.39. The molecule has 0 unspecified atom stereocenters.